The Kier molecular flexibility index (Phi) is 6.85. The van der Waals surface area contributed by atoms with E-state index in [1.807, 2.05) is 6.92 Å². The Morgan fingerprint density at radius 3 is 2.44 bits per heavy atom. The molecule has 0 heterocycles. The summed E-state index contributed by atoms with van der Waals surface area (Å²) in [5.74, 6) is -0.889. The van der Waals surface area contributed by atoms with Crippen molar-refractivity contribution in [3.63, 3.8) is 0 Å². The second-order valence-corrected chi connectivity index (χ2v) is 13.6. The lowest BCUT2D eigenvalue weighted by Gasteiger charge is -2.60. The van der Waals surface area contributed by atoms with Gasteiger partial charge >= 0.3 is 5.97 Å². The molecule has 0 aromatic heterocycles. The van der Waals surface area contributed by atoms with Crippen molar-refractivity contribution in [3.8, 4) is 0 Å². The number of esters is 1. The number of hydrogen-bond acceptors (Lipinski definition) is 7. The van der Waals surface area contributed by atoms with Gasteiger partial charge in [0.15, 0.2) is 5.78 Å². The molecule has 0 aliphatic heterocycles. The maximum atomic E-state index is 13.3. The first-order valence-electron chi connectivity index (χ1n) is 13.7. The minimum atomic E-state index is -1.46. The Morgan fingerprint density at radius 2 is 1.81 bits per heavy atom. The van der Waals surface area contributed by atoms with Gasteiger partial charge in [-0.15, -0.1) is 0 Å². The van der Waals surface area contributed by atoms with Crippen molar-refractivity contribution in [2.75, 3.05) is 0 Å². The van der Waals surface area contributed by atoms with Crippen LogP contribution in [0.15, 0.2) is 11.6 Å². The molecule has 3 saturated carbocycles. The van der Waals surface area contributed by atoms with Gasteiger partial charge < -0.3 is 25.2 Å². The van der Waals surface area contributed by atoms with Gasteiger partial charge in [-0.25, -0.2) is 0 Å². The summed E-state index contributed by atoms with van der Waals surface area (Å²) in [4.78, 5) is 24.7. The number of fused-ring (bicyclic) bond motifs is 5. The Hall–Kier alpha value is -1.28. The lowest BCUT2D eigenvalue weighted by Crippen LogP contribution is -2.62. The zero-order valence-corrected chi connectivity index (χ0v) is 22.8. The molecule has 7 heteroatoms. The van der Waals surface area contributed by atoms with Gasteiger partial charge in [0.1, 0.15) is 5.60 Å². The number of rotatable bonds is 6. The van der Waals surface area contributed by atoms with Gasteiger partial charge in [0.2, 0.25) is 0 Å². The van der Waals surface area contributed by atoms with E-state index in [1.165, 1.54) is 6.92 Å². The maximum Gasteiger partial charge on any atom is 0.303 e. The average Bonchev–Trinajstić information content (AvgIpc) is 3.05. The quantitative estimate of drug-likeness (QED) is 0.407. The smallest absolute Gasteiger partial charge is 0.303 e. The first-order chi connectivity index (χ1) is 16.5. The Morgan fingerprint density at radius 1 is 1.14 bits per heavy atom. The molecule has 0 aromatic carbocycles. The summed E-state index contributed by atoms with van der Waals surface area (Å²) in [5.41, 5.74) is -3.60. The summed E-state index contributed by atoms with van der Waals surface area (Å²) in [5, 5.41) is 45.4. The average molecular weight is 507 g/mol. The van der Waals surface area contributed by atoms with Crippen LogP contribution < -0.4 is 0 Å². The molecule has 36 heavy (non-hydrogen) atoms. The zero-order chi connectivity index (χ0) is 26.9. The summed E-state index contributed by atoms with van der Waals surface area (Å²) in [6, 6.07) is 0. The highest BCUT2D eigenvalue weighted by Crippen LogP contribution is 2.68. The van der Waals surface area contributed by atoms with Crippen LogP contribution in [0, 0.1) is 28.6 Å². The molecule has 0 aromatic rings. The molecule has 0 saturated heterocycles. The van der Waals surface area contributed by atoms with Crippen molar-refractivity contribution in [1.82, 2.24) is 0 Å². The fourth-order valence-electron chi connectivity index (χ4n) is 8.70. The Labute approximate surface area is 215 Å². The van der Waals surface area contributed by atoms with E-state index in [0.29, 0.717) is 38.5 Å². The number of ether oxygens (including phenoxy) is 1. The van der Waals surface area contributed by atoms with Crippen molar-refractivity contribution < 1.29 is 34.8 Å². The van der Waals surface area contributed by atoms with Gasteiger partial charge in [0.05, 0.1) is 23.4 Å². The molecule has 9 atom stereocenters. The van der Waals surface area contributed by atoms with E-state index in [4.69, 9.17) is 4.74 Å². The van der Waals surface area contributed by atoms with Crippen molar-refractivity contribution in [3.05, 3.63) is 11.6 Å². The van der Waals surface area contributed by atoms with E-state index < -0.39 is 34.4 Å². The molecule has 4 aliphatic carbocycles. The monoisotopic (exact) mass is 506 g/mol. The number of aliphatic hydroxyl groups excluding tert-OH is 2. The van der Waals surface area contributed by atoms with Crippen LogP contribution in [0.2, 0.25) is 0 Å². The van der Waals surface area contributed by atoms with E-state index >= 15 is 0 Å². The summed E-state index contributed by atoms with van der Waals surface area (Å²) in [6.45, 7) is 10.8. The molecule has 0 bridgehead atoms. The van der Waals surface area contributed by atoms with Gasteiger partial charge in [-0.3, -0.25) is 9.59 Å². The minimum absolute atomic E-state index is 0.00289. The zero-order valence-electron chi connectivity index (χ0n) is 22.8. The van der Waals surface area contributed by atoms with Crippen LogP contribution >= 0.6 is 0 Å². The van der Waals surface area contributed by atoms with Gasteiger partial charge in [-0.2, -0.15) is 0 Å². The third kappa shape index (κ3) is 4.18. The lowest BCUT2D eigenvalue weighted by molar-refractivity contribution is -0.174. The van der Waals surface area contributed by atoms with Gasteiger partial charge in [0, 0.05) is 18.3 Å². The maximum absolute atomic E-state index is 13.3. The van der Waals surface area contributed by atoms with E-state index in [0.717, 1.165) is 18.4 Å². The van der Waals surface area contributed by atoms with E-state index in [-0.39, 0.29) is 41.3 Å². The molecule has 4 aliphatic rings. The summed E-state index contributed by atoms with van der Waals surface area (Å²) in [7, 11) is 0. The van der Waals surface area contributed by atoms with Crippen molar-refractivity contribution >= 4 is 11.8 Å². The Balaban J connectivity index is 1.59. The van der Waals surface area contributed by atoms with E-state index in [2.05, 4.69) is 6.92 Å². The van der Waals surface area contributed by atoms with Crippen LogP contribution in [-0.4, -0.2) is 61.2 Å². The van der Waals surface area contributed by atoms with Crippen LogP contribution in [0.5, 0.6) is 0 Å². The van der Waals surface area contributed by atoms with E-state index in [1.54, 1.807) is 26.8 Å². The highest BCUT2D eigenvalue weighted by atomic mass is 16.6. The molecule has 7 nitrogen and oxygen atoms in total. The van der Waals surface area contributed by atoms with E-state index in [9.17, 15) is 30.0 Å². The standard InChI is InChI=1S/C29H46O7/c1-17(30)36-25(2,3)11-10-24(33)28(6,34)23-9-14-29(35)20-16-22(32)21-15-18(31)7-12-26(21,4)19(20)8-13-27(23,29)5/h16,18-19,21,23-24,31,33-35H,7-15H2,1-6H3. The highest BCUT2D eigenvalue weighted by molar-refractivity contribution is 5.95. The number of aliphatic hydroxyl groups is 4. The normalized spacial score (nSPS) is 42.9. The first kappa shape index (κ1) is 27.7. The molecule has 3 fully saturated rings. The third-order valence-electron chi connectivity index (χ3n) is 10.9. The fraction of sp³-hybridized carbons (Fsp3) is 0.862. The number of hydrogen-bond donors (Lipinski definition) is 4. The van der Waals surface area contributed by atoms with Gasteiger partial charge in [0.25, 0.3) is 0 Å². The molecule has 9 unspecified atom stereocenters. The molecule has 0 radical (unpaired) electrons. The van der Waals surface area contributed by atoms with Gasteiger partial charge in [-0.05, 0) is 107 Å². The van der Waals surface area contributed by atoms with Crippen molar-refractivity contribution in [2.45, 2.75) is 128 Å². The summed E-state index contributed by atoms with van der Waals surface area (Å²) < 4.78 is 5.35. The predicted molar refractivity (Wildman–Crippen MR) is 135 cm³/mol. The third-order valence-corrected chi connectivity index (χ3v) is 10.9. The number of ketones is 1. The second-order valence-electron chi connectivity index (χ2n) is 13.6. The van der Waals surface area contributed by atoms with Crippen LogP contribution in [0.4, 0.5) is 0 Å². The van der Waals surface area contributed by atoms with Crippen molar-refractivity contribution in [2.24, 2.45) is 28.6 Å². The minimum Gasteiger partial charge on any atom is -0.460 e. The van der Waals surface area contributed by atoms with Gasteiger partial charge in [-0.1, -0.05) is 13.8 Å². The molecule has 4 N–H and O–H groups in total. The lowest BCUT2D eigenvalue weighted by atomic mass is 9.46. The number of carbonyl (C=O) groups excluding carboxylic acids is 2. The van der Waals surface area contributed by atoms with Crippen LogP contribution in [0.3, 0.4) is 0 Å². The Bertz CT molecular complexity index is 938. The molecule has 4 rings (SSSR count). The number of carbonyl (C=O) groups is 2. The van der Waals surface area contributed by atoms with Crippen molar-refractivity contribution in [1.29, 1.82) is 0 Å². The van der Waals surface area contributed by atoms with Crippen LogP contribution in [-0.2, 0) is 14.3 Å². The summed E-state index contributed by atoms with van der Waals surface area (Å²) in [6.07, 6.45) is 5.21. The molecular formula is C29H46O7. The largest absolute Gasteiger partial charge is 0.460 e. The SMILES string of the molecule is CC(=O)OC(C)(C)CCC(O)C(C)(O)C1CCC2(O)C3=CC(=O)C4CC(O)CCC4(C)C3CCC12C. The van der Waals surface area contributed by atoms with Crippen LogP contribution in [0.25, 0.3) is 0 Å². The predicted octanol–water partition coefficient (Wildman–Crippen LogP) is 3.45. The summed E-state index contributed by atoms with van der Waals surface area (Å²) >= 11 is 0. The molecule has 0 amide bonds. The highest BCUT2D eigenvalue weighted by Gasteiger charge is 2.68. The first-order valence-corrected chi connectivity index (χ1v) is 13.7. The van der Waals surface area contributed by atoms with Crippen LogP contribution in [0.1, 0.15) is 99.3 Å². The number of allylic oxidation sites excluding steroid dienone is 1. The molecule has 204 valence electrons. The molecular weight excluding hydrogens is 460 g/mol. The molecule has 0 spiro atoms. The fourth-order valence-corrected chi connectivity index (χ4v) is 8.70. The second kappa shape index (κ2) is 8.89. The topological polar surface area (TPSA) is 124 Å².